The Morgan fingerprint density at radius 2 is 1.09 bits per heavy atom. The van der Waals surface area contributed by atoms with Gasteiger partial charge in [-0.1, -0.05) is 60.8 Å². The highest BCUT2D eigenvalue weighted by Crippen LogP contribution is 2.53. The summed E-state index contributed by atoms with van der Waals surface area (Å²) in [6.07, 6.45) is 11.6. The second-order valence-electron chi connectivity index (χ2n) is 11.4. The Balaban J connectivity index is 2.91. The SMILES string of the molecule is C=CCC1=C(C)CC[C@@H](C(=C)C)CC1(OC1(C(=C)C)C[C@H](C(=C)C)CCC(C)=C1CC=C)C(=C)C. The summed E-state index contributed by atoms with van der Waals surface area (Å²) in [4.78, 5) is 0. The third-order valence-corrected chi connectivity index (χ3v) is 8.63. The summed E-state index contributed by atoms with van der Waals surface area (Å²) in [5, 5.41) is 0. The van der Waals surface area contributed by atoms with E-state index in [0.717, 1.165) is 62.5 Å². The van der Waals surface area contributed by atoms with Gasteiger partial charge in [0.05, 0.1) is 0 Å². The minimum absolute atomic E-state index is 0.363. The van der Waals surface area contributed by atoms with E-state index in [2.05, 4.69) is 81.0 Å². The van der Waals surface area contributed by atoms with Gasteiger partial charge in [-0.25, -0.2) is 0 Å². The van der Waals surface area contributed by atoms with E-state index < -0.39 is 11.2 Å². The van der Waals surface area contributed by atoms with Crippen LogP contribution in [0.5, 0.6) is 0 Å². The molecule has 0 aromatic carbocycles. The van der Waals surface area contributed by atoms with Crippen molar-refractivity contribution in [1.82, 2.24) is 0 Å². The van der Waals surface area contributed by atoms with E-state index in [4.69, 9.17) is 4.74 Å². The average molecular weight is 475 g/mol. The predicted molar refractivity (Wildman–Crippen MR) is 156 cm³/mol. The van der Waals surface area contributed by atoms with Gasteiger partial charge in [0.1, 0.15) is 11.2 Å². The number of rotatable bonds is 10. The third-order valence-electron chi connectivity index (χ3n) is 8.63. The highest BCUT2D eigenvalue weighted by Gasteiger charge is 2.50. The standard InChI is InChI=1S/C34H50O/c1-13-15-31-27(11)17-19-29(23(3)4)21-33(31,25(7)8)35-34(26(9)10)22-30(24(5)6)20-18-28(12)32(34)16-14-2/h13-14,29-30H,1-3,5,7,9,15-22H2,4,6,8,10-12H3/t29-,30-,33?,34?/m1/s1. The van der Waals surface area contributed by atoms with Crippen molar-refractivity contribution in [3.05, 3.63) is 96.2 Å². The molecule has 0 spiro atoms. The van der Waals surface area contributed by atoms with Crippen LogP contribution in [0.15, 0.2) is 96.2 Å². The summed E-state index contributed by atoms with van der Waals surface area (Å²) >= 11 is 0. The number of ether oxygens (including phenoxy) is 1. The summed E-state index contributed by atoms with van der Waals surface area (Å²) in [5.74, 6) is 0.726. The van der Waals surface area contributed by atoms with E-state index in [9.17, 15) is 0 Å². The minimum Gasteiger partial charge on any atom is -0.351 e. The van der Waals surface area contributed by atoms with Gasteiger partial charge in [-0.05, 0) is 127 Å². The fourth-order valence-corrected chi connectivity index (χ4v) is 6.27. The highest BCUT2D eigenvalue weighted by atomic mass is 16.5. The first-order valence-electron chi connectivity index (χ1n) is 13.3. The molecule has 2 aliphatic carbocycles. The maximum Gasteiger partial charge on any atom is 0.112 e. The molecule has 0 N–H and O–H groups in total. The van der Waals surface area contributed by atoms with Crippen LogP contribution in [0.2, 0.25) is 0 Å². The molecular formula is C34H50O. The van der Waals surface area contributed by atoms with Crippen LogP contribution in [0.1, 0.15) is 92.9 Å². The van der Waals surface area contributed by atoms with Crippen LogP contribution in [-0.2, 0) is 4.74 Å². The Morgan fingerprint density at radius 3 is 1.34 bits per heavy atom. The zero-order chi connectivity index (χ0) is 26.6. The largest absolute Gasteiger partial charge is 0.351 e. The zero-order valence-electron chi connectivity index (χ0n) is 23.6. The van der Waals surface area contributed by atoms with Crippen LogP contribution >= 0.6 is 0 Å². The molecule has 1 nitrogen and oxygen atoms in total. The van der Waals surface area contributed by atoms with Crippen molar-refractivity contribution in [2.45, 2.75) is 104 Å². The van der Waals surface area contributed by atoms with Crippen molar-refractivity contribution in [3.63, 3.8) is 0 Å². The Morgan fingerprint density at radius 1 is 0.743 bits per heavy atom. The first kappa shape index (κ1) is 29.1. The van der Waals surface area contributed by atoms with Gasteiger partial charge in [-0.3, -0.25) is 0 Å². The first-order chi connectivity index (χ1) is 16.4. The maximum atomic E-state index is 7.73. The van der Waals surface area contributed by atoms with Crippen LogP contribution in [0, 0.1) is 11.8 Å². The Kier molecular flexibility index (Phi) is 9.77. The quantitative estimate of drug-likeness (QED) is 0.286. The summed E-state index contributed by atoms with van der Waals surface area (Å²) in [5.41, 5.74) is 8.72. The normalized spacial score (nSPS) is 29.8. The number of allylic oxidation sites excluding steroid dienone is 6. The van der Waals surface area contributed by atoms with Gasteiger partial charge in [0.25, 0.3) is 0 Å². The molecule has 0 saturated carbocycles. The molecule has 0 aromatic heterocycles. The lowest BCUT2D eigenvalue weighted by molar-refractivity contribution is -0.0980. The van der Waals surface area contributed by atoms with Gasteiger partial charge in [-0.15, -0.1) is 13.2 Å². The van der Waals surface area contributed by atoms with Crippen molar-refractivity contribution in [3.8, 4) is 0 Å². The molecule has 0 saturated heterocycles. The first-order valence-corrected chi connectivity index (χ1v) is 13.3. The zero-order valence-corrected chi connectivity index (χ0v) is 23.6. The van der Waals surface area contributed by atoms with E-state index in [-0.39, 0.29) is 0 Å². The van der Waals surface area contributed by atoms with Gasteiger partial charge in [0, 0.05) is 0 Å². The van der Waals surface area contributed by atoms with Crippen LogP contribution in [-0.4, -0.2) is 11.2 Å². The lowest BCUT2D eigenvalue weighted by atomic mass is 9.72. The average Bonchev–Trinajstić information content (AvgIpc) is 3.00. The molecule has 2 rings (SSSR count). The van der Waals surface area contributed by atoms with Crippen molar-refractivity contribution >= 4 is 0 Å². The Labute approximate surface area is 216 Å². The predicted octanol–water partition coefficient (Wildman–Crippen LogP) is 10.2. The van der Waals surface area contributed by atoms with Gasteiger partial charge in [-0.2, -0.15) is 0 Å². The van der Waals surface area contributed by atoms with E-state index in [1.54, 1.807) is 0 Å². The fourth-order valence-electron chi connectivity index (χ4n) is 6.27. The topological polar surface area (TPSA) is 9.23 Å². The lowest BCUT2D eigenvalue weighted by Gasteiger charge is -2.49. The molecule has 0 radical (unpaired) electrons. The smallest absolute Gasteiger partial charge is 0.112 e. The summed E-state index contributed by atoms with van der Waals surface area (Å²) in [6, 6.07) is 0. The molecule has 2 unspecified atom stereocenters. The second kappa shape index (κ2) is 11.7. The van der Waals surface area contributed by atoms with Gasteiger partial charge in [0.15, 0.2) is 0 Å². The van der Waals surface area contributed by atoms with Gasteiger partial charge in [0.2, 0.25) is 0 Å². The number of hydrogen-bond acceptors (Lipinski definition) is 1. The summed E-state index contributed by atoms with van der Waals surface area (Å²) in [7, 11) is 0. The molecule has 1 heteroatoms. The Bertz CT molecular complexity index is 889. The van der Waals surface area contributed by atoms with E-state index in [1.807, 2.05) is 12.2 Å². The van der Waals surface area contributed by atoms with Crippen LogP contribution in [0.4, 0.5) is 0 Å². The second-order valence-corrected chi connectivity index (χ2v) is 11.4. The third kappa shape index (κ3) is 5.83. The minimum atomic E-state index is -0.617. The van der Waals surface area contributed by atoms with Crippen LogP contribution < -0.4 is 0 Å². The summed E-state index contributed by atoms with van der Waals surface area (Å²) in [6.45, 7) is 39.2. The number of hydrogen-bond donors (Lipinski definition) is 0. The maximum absolute atomic E-state index is 7.73. The molecule has 0 fully saturated rings. The van der Waals surface area contributed by atoms with Crippen LogP contribution in [0.3, 0.4) is 0 Å². The van der Waals surface area contributed by atoms with Crippen molar-refractivity contribution < 1.29 is 4.74 Å². The molecule has 4 atom stereocenters. The van der Waals surface area contributed by atoms with Crippen molar-refractivity contribution in [1.29, 1.82) is 0 Å². The molecule has 0 amide bonds. The molecule has 192 valence electrons. The Hall–Kier alpha value is -2.12. The van der Waals surface area contributed by atoms with Gasteiger partial charge < -0.3 is 4.74 Å². The van der Waals surface area contributed by atoms with Gasteiger partial charge >= 0.3 is 0 Å². The molecule has 0 aromatic rings. The van der Waals surface area contributed by atoms with Crippen LogP contribution in [0.25, 0.3) is 0 Å². The van der Waals surface area contributed by atoms with E-state index in [1.165, 1.54) is 33.4 Å². The molecule has 0 aliphatic heterocycles. The molecular weight excluding hydrogens is 424 g/mol. The van der Waals surface area contributed by atoms with E-state index >= 15 is 0 Å². The van der Waals surface area contributed by atoms with E-state index in [0.29, 0.717) is 11.8 Å². The summed E-state index contributed by atoms with van der Waals surface area (Å²) < 4.78 is 7.73. The van der Waals surface area contributed by atoms with Crippen molar-refractivity contribution in [2.24, 2.45) is 11.8 Å². The fraction of sp³-hybridized carbons (Fsp3) is 0.529. The molecule has 0 heterocycles. The lowest BCUT2D eigenvalue weighted by Crippen LogP contribution is -2.50. The monoisotopic (exact) mass is 474 g/mol. The highest BCUT2D eigenvalue weighted by molar-refractivity contribution is 5.43. The van der Waals surface area contributed by atoms with Crippen molar-refractivity contribution in [2.75, 3.05) is 0 Å². The molecule has 0 bridgehead atoms. The molecule has 35 heavy (non-hydrogen) atoms. The molecule has 2 aliphatic rings.